The predicted octanol–water partition coefficient (Wildman–Crippen LogP) is 2.96. The maximum Gasteiger partial charge on any atom is 0.226 e. The SMILES string of the molecule is Cc1ccc(C(C)NC(=O)C2CC2(Cl)Cl)o1. The average Bonchev–Trinajstić information content (AvgIpc) is 2.62. The van der Waals surface area contributed by atoms with E-state index in [1.807, 2.05) is 26.0 Å². The summed E-state index contributed by atoms with van der Waals surface area (Å²) in [6.07, 6.45) is 0.520. The molecule has 0 aromatic carbocycles. The Labute approximate surface area is 104 Å². The molecule has 1 fully saturated rings. The van der Waals surface area contributed by atoms with E-state index in [1.54, 1.807) is 0 Å². The molecule has 2 atom stereocenters. The van der Waals surface area contributed by atoms with Crippen LogP contribution in [0.2, 0.25) is 0 Å². The van der Waals surface area contributed by atoms with Crippen molar-refractivity contribution in [1.82, 2.24) is 5.32 Å². The van der Waals surface area contributed by atoms with E-state index in [4.69, 9.17) is 27.6 Å². The van der Waals surface area contributed by atoms with Crippen LogP contribution >= 0.6 is 23.2 Å². The zero-order valence-corrected chi connectivity index (χ0v) is 10.6. The minimum atomic E-state index is -0.872. The quantitative estimate of drug-likeness (QED) is 0.851. The lowest BCUT2D eigenvalue weighted by atomic mass is 10.2. The van der Waals surface area contributed by atoms with Gasteiger partial charge in [0.15, 0.2) is 0 Å². The molecule has 16 heavy (non-hydrogen) atoms. The van der Waals surface area contributed by atoms with Crippen LogP contribution in [0.25, 0.3) is 0 Å². The van der Waals surface area contributed by atoms with Gasteiger partial charge in [0.25, 0.3) is 0 Å². The fourth-order valence-corrected chi connectivity index (χ4v) is 2.08. The molecule has 5 heteroatoms. The fraction of sp³-hybridized carbons (Fsp3) is 0.545. The van der Waals surface area contributed by atoms with Crippen LogP contribution in [0, 0.1) is 12.8 Å². The Hall–Kier alpha value is -0.670. The van der Waals surface area contributed by atoms with Crippen molar-refractivity contribution in [2.75, 3.05) is 0 Å². The van der Waals surface area contributed by atoms with Gasteiger partial charge in [0.1, 0.15) is 15.9 Å². The summed E-state index contributed by atoms with van der Waals surface area (Å²) in [5.41, 5.74) is 0. The molecule has 1 N–H and O–H groups in total. The first kappa shape index (κ1) is 11.8. The average molecular weight is 262 g/mol. The first-order valence-electron chi connectivity index (χ1n) is 5.14. The molecule has 1 heterocycles. The van der Waals surface area contributed by atoms with Gasteiger partial charge in [-0.15, -0.1) is 23.2 Å². The van der Waals surface area contributed by atoms with Gasteiger partial charge >= 0.3 is 0 Å². The first-order chi connectivity index (χ1) is 7.40. The molecule has 3 nitrogen and oxygen atoms in total. The molecule has 0 spiro atoms. The molecule has 1 aromatic rings. The van der Waals surface area contributed by atoms with Gasteiger partial charge < -0.3 is 9.73 Å². The smallest absolute Gasteiger partial charge is 0.226 e. The van der Waals surface area contributed by atoms with Gasteiger partial charge in [-0.25, -0.2) is 0 Å². The monoisotopic (exact) mass is 261 g/mol. The molecule has 1 aliphatic rings. The summed E-state index contributed by atoms with van der Waals surface area (Å²) in [6, 6.07) is 3.55. The lowest BCUT2D eigenvalue weighted by molar-refractivity contribution is -0.123. The Morgan fingerprint density at radius 2 is 2.25 bits per heavy atom. The molecule has 2 rings (SSSR count). The maximum atomic E-state index is 11.7. The van der Waals surface area contributed by atoms with Crippen molar-refractivity contribution in [3.05, 3.63) is 23.7 Å². The molecule has 0 radical (unpaired) electrons. The molecule has 0 bridgehead atoms. The van der Waals surface area contributed by atoms with Crippen molar-refractivity contribution in [1.29, 1.82) is 0 Å². The number of carbonyl (C=O) groups is 1. The van der Waals surface area contributed by atoms with Crippen LogP contribution in [0.5, 0.6) is 0 Å². The van der Waals surface area contributed by atoms with E-state index in [0.717, 1.165) is 11.5 Å². The Balaban J connectivity index is 1.93. The number of amides is 1. The zero-order valence-electron chi connectivity index (χ0n) is 9.09. The van der Waals surface area contributed by atoms with Gasteiger partial charge in [0.05, 0.1) is 12.0 Å². The zero-order chi connectivity index (χ0) is 11.9. The van der Waals surface area contributed by atoms with Crippen LogP contribution in [0.4, 0.5) is 0 Å². The molecular formula is C11H13Cl2NO2. The first-order valence-corrected chi connectivity index (χ1v) is 5.90. The molecule has 2 unspecified atom stereocenters. The predicted molar refractivity (Wildman–Crippen MR) is 62.5 cm³/mol. The highest BCUT2D eigenvalue weighted by molar-refractivity contribution is 6.52. The molecular weight excluding hydrogens is 249 g/mol. The van der Waals surface area contributed by atoms with Gasteiger partial charge in [-0.2, -0.15) is 0 Å². The van der Waals surface area contributed by atoms with Crippen LogP contribution in [0.15, 0.2) is 16.5 Å². The van der Waals surface area contributed by atoms with Crippen LogP contribution in [0.3, 0.4) is 0 Å². The van der Waals surface area contributed by atoms with Gasteiger partial charge in [0, 0.05) is 0 Å². The molecule has 88 valence electrons. The van der Waals surface area contributed by atoms with E-state index < -0.39 is 4.33 Å². The molecule has 1 aromatic heterocycles. The van der Waals surface area contributed by atoms with Crippen molar-refractivity contribution < 1.29 is 9.21 Å². The Bertz CT molecular complexity index is 414. The lowest BCUT2D eigenvalue weighted by Gasteiger charge is -2.11. The molecule has 1 amide bonds. The molecule has 0 aliphatic heterocycles. The largest absolute Gasteiger partial charge is 0.464 e. The van der Waals surface area contributed by atoms with Crippen LogP contribution in [0.1, 0.15) is 30.9 Å². The van der Waals surface area contributed by atoms with E-state index in [0.29, 0.717) is 6.42 Å². The number of halogens is 2. The summed E-state index contributed by atoms with van der Waals surface area (Å²) in [6.45, 7) is 3.73. The normalized spacial score (nSPS) is 23.9. The van der Waals surface area contributed by atoms with Crippen molar-refractivity contribution in [2.24, 2.45) is 5.92 Å². The van der Waals surface area contributed by atoms with E-state index >= 15 is 0 Å². The molecule has 1 aliphatic carbocycles. The number of rotatable bonds is 3. The lowest BCUT2D eigenvalue weighted by Crippen LogP contribution is -2.29. The van der Waals surface area contributed by atoms with Crippen LogP contribution < -0.4 is 5.32 Å². The van der Waals surface area contributed by atoms with Gasteiger partial charge in [-0.1, -0.05) is 0 Å². The number of nitrogens with one attached hydrogen (secondary N) is 1. The Kier molecular flexibility index (Phi) is 2.93. The number of carbonyl (C=O) groups excluding carboxylic acids is 1. The highest BCUT2D eigenvalue weighted by atomic mass is 35.5. The van der Waals surface area contributed by atoms with Crippen molar-refractivity contribution >= 4 is 29.1 Å². The minimum Gasteiger partial charge on any atom is -0.464 e. The second-order valence-corrected chi connectivity index (χ2v) is 5.74. The number of aryl methyl sites for hydroxylation is 1. The third-order valence-corrected chi connectivity index (χ3v) is 3.52. The summed E-state index contributed by atoms with van der Waals surface area (Å²) in [5, 5.41) is 2.83. The van der Waals surface area contributed by atoms with Gasteiger partial charge in [-0.05, 0) is 32.4 Å². The number of alkyl halides is 2. The summed E-state index contributed by atoms with van der Waals surface area (Å²) < 4.78 is 4.55. The van der Waals surface area contributed by atoms with Crippen molar-refractivity contribution in [3.8, 4) is 0 Å². The molecule has 0 saturated heterocycles. The third kappa shape index (κ3) is 2.36. The standard InChI is InChI=1S/C11H13Cl2NO2/c1-6-3-4-9(16-6)7(2)14-10(15)8-5-11(8,12)13/h3-4,7-8H,5H2,1-2H3,(H,14,15). The van der Waals surface area contributed by atoms with Crippen LogP contribution in [-0.2, 0) is 4.79 Å². The second-order valence-electron chi connectivity index (χ2n) is 4.20. The Morgan fingerprint density at radius 3 is 2.69 bits per heavy atom. The summed E-state index contributed by atoms with van der Waals surface area (Å²) in [5.74, 6) is 1.15. The number of hydrogen-bond donors (Lipinski definition) is 1. The highest BCUT2D eigenvalue weighted by Crippen LogP contribution is 2.53. The van der Waals surface area contributed by atoms with E-state index in [-0.39, 0.29) is 17.9 Å². The van der Waals surface area contributed by atoms with E-state index in [1.165, 1.54) is 0 Å². The minimum absolute atomic E-state index is 0.119. The van der Waals surface area contributed by atoms with Gasteiger partial charge in [0.2, 0.25) is 5.91 Å². The van der Waals surface area contributed by atoms with Crippen LogP contribution in [-0.4, -0.2) is 10.2 Å². The fourth-order valence-electron chi connectivity index (χ4n) is 1.57. The van der Waals surface area contributed by atoms with E-state index in [2.05, 4.69) is 5.32 Å². The van der Waals surface area contributed by atoms with Gasteiger partial charge in [-0.3, -0.25) is 4.79 Å². The van der Waals surface area contributed by atoms with E-state index in [9.17, 15) is 4.79 Å². The maximum absolute atomic E-state index is 11.7. The topological polar surface area (TPSA) is 42.2 Å². The summed E-state index contributed by atoms with van der Waals surface area (Å²) in [4.78, 5) is 11.7. The van der Waals surface area contributed by atoms with Crippen molar-refractivity contribution in [2.45, 2.75) is 30.6 Å². The third-order valence-electron chi connectivity index (χ3n) is 2.69. The summed E-state index contributed by atoms with van der Waals surface area (Å²) in [7, 11) is 0. The second kappa shape index (κ2) is 3.97. The summed E-state index contributed by atoms with van der Waals surface area (Å²) >= 11 is 11.6. The molecule has 1 saturated carbocycles. The number of hydrogen-bond acceptors (Lipinski definition) is 2. The Morgan fingerprint density at radius 1 is 1.62 bits per heavy atom. The van der Waals surface area contributed by atoms with Crippen molar-refractivity contribution in [3.63, 3.8) is 0 Å². The highest BCUT2D eigenvalue weighted by Gasteiger charge is 2.56. The number of furan rings is 1.